The first-order valence-electron chi connectivity index (χ1n) is 4.90. The smallest absolute Gasteiger partial charge is 0.434 e. The van der Waals surface area contributed by atoms with Gasteiger partial charge in [-0.05, 0) is 31.8 Å². The van der Waals surface area contributed by atoms with Gasteiger partial charge in [0.1, 0.15) is 0 Å². The van der Waals surface area contributed by atoms with Gasteiger partial charge < -0.3 is 14.2 Å². The molecule has 0 aliphatic carbocycles. The van der Waals surface area contributed by atoms with Crippen LogP contribution >= 0.6 is 0 Å². The first-order valence-corrected chi connectivity index (χ1v) is 4.90. The van der Waals surface area contributed by atoms with Gasteiger partial charge in [-0.1, -0.05) is 0 Å². The summed E-state index contributed by atoms with van der Waals surface area (Å²) in [5.41, 5.74) is 0. The molecular weight excluding hydrogens is 184 g/mol. The first kappa shape index (κ1) is 11.0. The molecule has 0 atom stereocenters. The van der Waals surface area contributed by atoms with Gasteiger partial charge >= 0.3 is 6.16 Å². The normalized spacial score (nSPS) is 18.4. The fourth-order valence-electron chi connectivity index (χ4n) is 1.27. The van der Waals surface area contributed by atoms with Gasteiger partial charge in [0.25, 0.3) is 0 Å². The van der Waals surface area contributed by atoms with E-state index in [1.54, 1.807) is 6.92 Å². The standard InChI is InChI=1S/C10H16O4/c1-2-13-10(11)14-8-5-9-3-6-12-7-4-9/h5,8-9H,2-4,6-7H2,1H3. The highest BCUT2D eigenvalue weighted by Gasteiger charge is 2.10. The Morgan fingerprint density at radius 1 is 1.50 bits per heavy atom. The van der Waals surface area contributed by atoms with E-state index in [1.807, 2.05) is 6.08 Å². The molecule has 0 radical (unpaired) electrons. The van der Waals surface area contributed by atoms with E-state index in [1.165, 1.54) is 6.26 Å². The molecule has 0 bridgehead atoms. The predicted octanol–water partition coefficient (Wildman–Crippen LogP) is 2.10. The highest BCUT2D eigenvalue weighted by Crippen LogP contribution is 2.15. The van der Waals surface area contributed by atoms with Crippen molar-refractivity contribution in [3.05, 3.63) is 12.3 Å². The highest BCUT2D eigenvalue weighted by atomic mass is 16.7. The molecule has 1 aliphatic rings. The van der Waals surface area contributed by atoms with Crippen LogP contribution in [0.2, 0.25) is 0 Å². The highest BCUT2D eigenvalue weighted by molar-refractivity contribution is 5.60. The van der Waals surface area contributed by atoms with Crippen molar-refractivity contribution in [3.8, 4) is 0 Å². The Balaban J connectivity index is 2.15. The molecule has 1 fully saturated rings. The topological polar surface area (TPSA) is 44.8 Å². The lowest BCUT2D eigenvalue weighted by Crippen LogP contribution is -2.13. The van der Waals surface area contributed by atoms with Crippen LogP contribution in [0, 0.1) is 5.92 Å². The monoisotopic (exact) mass is 200 g/mol. The summed E-state index contributed by atoms with van der Waals surface area (Å²) in [6, 6.07) is 0. The molecule has 1 saturated heterocycles. The van der Waals surface area contributed by atoms with Crippen molar-refractivity contribution in [2.75, 3.05) is 19.8 Å². The lowest BCUT2D eigenvalue weighted by atomic mass is 10.0. The molecule has 14 heavy (non-hydrogen) atoms. The summed E-state index contributed by atoms with van der Waals surface area (Å²) in [5.74, 6) is 0.457. The van der Waals surface area contributed by atoms with Gasteiger partial charge in [-0.3, -0.25) is 0 Å². The van der Waals surface area contributed by atoms with Crippen molar-refractivity contribution < 1.29 is 19.0 Å². The third-order valence-corrected chi connectivity index (χ3v) is 2.04. The van der Waals surface area contributed by atoms with Gasteiger partial charge in [-0.15, -0.1) is 0 Å². The second-order valence-corrected chi connectivity index (χ2v) is 3.08. The minimum absolute atomic E-state index is 0.337. The largest absolute Gasteiger partial charge is 0.513 e. The summed E-state index contributed by atoms with van der Waals surface area (Å²) >= 11 is 0. The summed E-state index contributed by atoms with van der Waals surface area (Å²) in [6.45, 7) is 3.65. The van der Waals surface area contributed by atoms with Crippen LogP contribution in [-0.4, -0.2) is 26.0 Å². The SMILES string of the molecule is CCOC(=O)OC=CC1CCOCC1. The van der Waals surface area contributed by atoms with Gasteiger partial charge in [0.15, 0.2) is 0 Å². The maximum absolute atomic E-state index is 10.8. The Hall–Kier alpha value is -1.03. The van der Waals surface area contributed by atoms with Crippen LogP contribution < -0.4 is 0 Å². The number of carbonyl (C=O) groups is 1. The zero-order chi connectivity index (χ0) is 10.2. The van der Waals surface area contributed by atoms with Gasteiger partial charge in [0.05, 0.1) is 12.9 Å². The number of allylic oxidation sites excluding steroid dienone is 1. The molecule has 0 saturated carbocycles. The molecule has 0 aromatic heterocycles. The quantitative estimate of drug-likeness (QED) is 0.517. The van der Waals surface area contributed by atoms with E-state index < -0.39 is 6.16 Å². The molecule has 0 aromatic carbocycles. The predicted molar refractivity (Wildman–Crippen MR) is 50.8 cm³/mol. The van der Waals surface area contributed by atoms with Crippen LogP contribution in [0.25, 0.3) is 0 Å². The Labute approximate surface area is 83.8 Å². The van der Waals surface area contributed by atoms with Crippen molar-refractivity contribution in [1.82, 2.24) is 0 Å². The fraction of sp³-hybridized carbons (Fsp3) is 0.700. The maximum Gasteiger partial charge on any atom is 0.513 e. The zero-order valence-electron chi connectivity index (χ0n) is 8.40. The lowest BCUT2D eigenvalue weighted by molar-refractivity contribution is 0.0757. The van der Waals surface area contributed by atoms with Crippen molar-refractivity contribution in [2.24, 2.45) is 5.92 Å². The zero-order valence-corrected chi connectivity index (χ0v) is 8.40. The molecule has 0 aromatic rings. The van der Waals surface area contributed by atoms with Crippen LogP contribution in [0.1, 0.15) is 19.8 Å². The number of carbonyl (C=O) groups excluding carboxylic acids is 1. The Kier molecular flexibility index (Phi) is 5.07. The van der Waals surface area contributed by atoms with Gasteiger partial charge in [0.2, 0.25) is 0 Å². The molecule has 80 valence electrons. The number of hydrogen-bond donors (Lipinski definition) is 0. The number of ether oxygens (including phenoxy) is 3. The van der Waals surface area contributed by atoms with Gasteiger partial charge in [-0.25, -0.2) is 4.79 Å². The fourth-order valence-corrected chi connectivity index (χ4v) is 1.27. The summed E-state index contributed by atoms with van der Waals surface area (Å²) in [6.07, 6.45) is 4.63. The second-order valence-electron chi connectivity index (χ2n) is 3.08. The number of rotatable bonds is 3. The van der Waals surface area contributed by atoms with Crippen LogP contribution in [0.3, 0.4) is 0 Å². The van der Waals surface area contributed by atoms with E-state index in [-0.39, 0.29) is 0 Å². The van der Waals surface area contributed by atoms with Crippen molar-refractivity contribution in [3.63, 3.8) is 0 Å². The van der Waals surface area contributed by atoms with Crippen LogP contribution in [-0.2, 0) is 14.2 Å². The van der Waals surface area contributed by atoms with E-state index in [0.29, 0.717) is 12.5 Å². The van der Waals surface area contributed by atoms with Crippen molar-refractivity contribution >= 4 is 6.16 Å². The minimum atomic E-state index is -0.643. The summed E-state index contributed by atoms with van der Waals surface area (Å²) in [7, 11) is 0. The molecule has 1 rings (SSSR count). The average molecular weight is 200 g/mol. The van der Waals surface area contributed by atoms with E-state index in [0.717, 1.165) is 26.1 Å². The molecule has 0 unspecified atom stereocenters. The third-order valence-electron chi connectivity index (χ3n) is 2.04. The van der Waals surface area contributed by atoms with Gasteiger partial charge in [-0.2, -0.15) is 0 Å². The maximum atomic E-state index is 10.8. The Bertz CT molecular complexity index is 194. The third kappa shape index (κ3) is 4.28. The average Bonchev–Trinajstić information content (AvgIpc) is 2.20. The molecule has 1 heterocycles. The molecule has 0 amide bonds. The second kappa shape index (κ2) is 6.43. The number of hydrogen-bond acceptors (Lipinski definition) is 4. The van der Waals surface area contributed by atoms with Crippen molar-refractivity contribution in [2.45, 2.75) is 19.8 Å². The molecule has 4 heteroatoms. The Morgan fingerprint density at radius 3 is 2.86 bits per heavy atom. The molecular formula is C10H16O4. The van der Waals surface area contributed by atoms with Crippen LogP contribution in [0.5, 0.6) is 0 Å². The molecule has 1 aliphatic heterocycles. The van der Waals surface area contributed by atoms with E-state index in [4.69, 9.17) is 9.47 Å². The molecule has 0 N–H and O–H groups in total. The summed E-state index contributed by atoms with van der Waals surface area (Å²) < 4.78 is 14.5. The molecule has 0 spiro atoms. The summed E-state index contributed by atoms with van der Waals surface area (Å²) in [5, 5.41) is 0. The van der Waals surface area contributed by atoms with E-state index in [2.05, 4.69) is 4.74 Å². The summed E-state index contributed by atoms with van der Waals surface area (Å²) in [4.78, 5) is 10.8. The van der Waals surface area contributed by atoms with Crippen molar-refractivity contribution in [1.29, 1.82) is 0 Å². The first-order chi connectivity index (χ1) is 6.83. The van der Waals surface area contributed by atoms with Gasteiger partial charge in [0, 0.05) is 13.2 Å². The van der Waals surface area contributed by atoms with E-state index >= 15 is 0 Å². The Morgan fingerprint density at radius 2 is 2.21 bits per heavy atom. The van der Waals surface area contributed by atoms with E-state index in [9.17, 15) is 4.79 Å². The lowest BCUT2D eigenvalue weighted by Gasteiger charge is -2.18. The molecule has 4 nitrogen and oxygen atoms in total. The van der Waals surface area contributed by atoms with Crippen LogP contribution in [0.15, 0.2) is 12.3 Å². The van der Waals surface area contributed by atoms with Crippen LogP contribution in [0.4, 0.5) is 4.79 Å². The minimum Gasteiger partial charge on any atom is -0.434 e.